The van der Waals surface area contributed by atoms with Gasteiger partial charge in [-0.3, -0.25) is 0 Å². The third-order valence-corrected chi connectivity index (χ3v) is 5.11. The molecule has 0 unspecified atom stereocenters. The number of hydrogen-bond acceptors (Lipinski definition) is 9. The van der Waals surface area contributed by atoms with Crippen LogP contribution < -0.4 is 4.74 Å². The van der Waals surface area contributed by atoms with E-state index in [1.807, 2.05) is 0 Å². The molecule has 3 rings (SSSR count). The lowest BCUT2D eigenvalue weighted by atomic mass is 10.1. The molecule has 1 heterocycles. The Kier molecular flexibility index (Phi) is 7.91. The quantitative estimate of drug-likeness (QED) is 0.416. The van der Waals surface area contributed by atoms with Crippen molar-refractivity contribution in [3.8, 4) is 17.1 Å². The molecular weight excluding hydrogens is 451 g/mol. The molecule has 0 fully saturated rings. The summed E-state index contributed by atoms with van der Waals surface area (Å²) in [6.45, 7) is 1.15. The van der Waals surface area contributed by atoms with Gasteiger partial charge in [0.2, 0.25) is 11.7 Å². The lowest BCUT2D eigenvalue weighted by Crippen LogP contribution is -2.15. The molecule has 0 bridgehead atoms. The van der Waals surface area contributed by atoms with Crippen molar-refractivity contribution in [3.05, 3.63) is 59.2 Å². The molecule has 3 aromatic rings. The summed E-state index contributed by atoms with van der Waals surface area (Å²) in [5.74, 6) is 0.128. The van der Waals surface area contributed by atoms with Crippen molar-refractivity contribution in [1.82, 2.24) is 10.1 Å². The van der Waals surface area contributed by atoms with Crippen LogP contribution in [0.3, 0.4) is 0 Å². The van der Waals surface area contributed by atoms with E-state index < -0.39 is 18.5 Å². The van der Waals surface area contributed by atoms with E-state index in [2.05, 4.69) is 24.9 Å². The first kappa shape index (κ1) is 24.1. The van der Waals surface area contributed by atoms with E-state index in [1.165, 1.54) is 26.4 Å². The Bertz CT molecular complexity index is 1180. The van der Waals surface area contributed by atoms with Crippen molar-refractivity contribution >= 4 is 34.3 Å². The first-order valence-electron chi connectivity index (χ1n) is 9.58. The van der Waals surface area contributed by atoms with Crippen LogP contribution in [-0.2, 0) is 11.3 Å². The number of aliphatic hydroxyl groups is 1. The number of ether oxygens (including phenoxy) is 2. The Morgan fingerprint density at radius 2 is 1.97 bits per heavy atom. The molecule has 0 saturated carbocycles. The van der Waals surface area contributed by atoms with E-state index in [0.29, 0.717) is 23.0 Å². The smallest absolute Gasteiger partial charge is 0.434 e. The number of halogens is 1. The molecule has 2 aromatic carbocycles. The number of carbonyl (C=O) groups is 1. The van der Waals surface area contributed by atoms with Crippen LogP contribution in [0.25, 0.3) is 11.4 Å². The highest BCUT2D eigenvalue weighted by molar-refractivity contribution is 8.15. The van der Waals surface area contributed by atoms with Gasteiger partial charge < -0.3 is 19.1 Å². The van der Waals surface area contributed by atoms with E-state index in [-0.39, 0.29) is 22.1 Å². The lowest BCUT2D eigenvalue weighted by molar-refractivity contribution is 0.183. The predicted molar refractivity (Wildman–Crippen MR) is 123 cm³/mol. The Morgan fingerprint density at radius 1 is 1.24 bits per heavy atom. The van der Waals surface area contributed by atoms with Crippen LogP contribution in [-0.4, -0.2) is 52.6 Å². The number of aromatic nitrogens is 2. The second kappa shape index (κ2) is 10.8. The van der Waals surface area contributed by atoms with Gasteiger partial charge in [-0.2, -0.15) is 9.98 Å². The molecule has 0 radical (unpaired) electrons. The van der Waals surface area contributed by atoms with Gasteiger partial charge in [0.05, 0.1) is 26.5 Å². The number of aryl methyl sites for hydroxylation is 1. The summed E-state index contributed by atoms with van der Waals surface area (Å²) in [6.07, 6.45) is 0.901. The van der Waals surface area contributed by atoms with Crippen LogP contribution in [0.5, 0.6) is 5.75 Å². The normalized spacial score (nSPS) is 12.1. The second-order valence-electron chi connectivity index (χ2n) is 6.55. The van der Waals surface area contributed by atoms with Crippen LogP contribution >= 0.6 is 11.8 Å². The minimum Gasteiger partial charge on any atom is -0.494 e. The van der Waals surface area contributed by atoms with Gasteiger partial charge in [0, 0.05) is 23.6 Å². The number of methoxy groups -OCH3 is 2. The maximum atomic E-state index is 14.4. The fraction of sp³-hybridized carbons (Fsp3) is 0.227. The van der Waals surface area contributed by atoms with Gasteiger partial charge >= 0.3 is 6.09 Å². The van der Waals surface area contributed by atoms with Crippen LogP contribution in [0.2, 0.25) is 0 Å². The van der Waals surface area contributed by atoms with Gasteiger partial charge in [0.25, 0.3) is 0 Å². The molecule has 0 aliphatic carbocycles. The number of aliphatic hydroxyl groups excluding tert-OH is 1. The number of rotatable bonds is 6. The molecule has 1 aromatic heterocycles. The number of carbonyl (C=O) groups excluding carboxylic acids is 1. The summed E-state index contributed by atoms with van der Waals surface area (Å²) in [4.78, 5) is 24.6. The monoisotopic (exact) mass is 472 g/mol. The Balaban J connectivity index is 2.14. The second-order valence-corrected chi connectivity index (χ2v) is 7.34. The van der Waals surface area contributed by atoms with Gasteiger partial charge in [-0.25, -0.2) is 14.2 Å². The first-order chi connectivity index (χ1) is 15.9. The molecule has 0 saturated heterocycles. The maximum absolute atomic E-state index is 14.4. The van der Waals surface area contributed by atoms with Crippen molar-refractivity contribution in [1.29, 1.82) is 0 Å². The highest BCUT2D eigenvalue weighted by atomic mass is 32.2. The third kappa shape index (κ3) is 5.62. The zero-order valence-electron chi connectivity index (χ0n) is 18.3. The topological polar surface area (TPSA) is 119 Å². The molecule has 1 amide bonds. The molecule has 33 heavy (non-hydrogen) atoms. The minimum absolute atomic E-state index is 0.0124. The Labute approximate surface area is 193 Å². The van der Waals surface area contributed by atoms with E-state index in [0.717, 1.165) is 17.3 Å². The number of benzene rings is 2. The molecule has 0 aliphatic heterocycles. The lowest BCUT2D eigenvalue weighted by Gasteiger charge is -2.13. The number of amides is 1. The van der Waals surface area contributed by atoms with Gasteiger partial charge in [0.15, 0.2) is 11.6 Å². The molecular formula is C22H21FN4O5S. The number of thioether (sulfide) groups is 1. The zero-order valence-corrected chi connectivity index (χ0v) is 19.1. The highest BCUT2D eigenvalue weighted by Gasteiger charge is 2.19. The molecule has 0 atom stereocenters. The standard InChI is InChI=1S/C22H21FN4O5S/c1-12-24-20(27-32-12)13-5-7-16(8-6-13)25-19(21(33-4)26-22(29)31-3)14-9-15(11-28)18(23)17(10-14)30-2/h5-10,28H,11H2,1-4H3. The van der Waals surface area contributed by atoms with Gasteiger partial charge in [-0.05, 0) is 42.7 Å². The Hall–Kier alpha value is -3.57. The average molecular weight is 472 g/mol. The summed E-state index contributed by atoms with van der Waals surface area (Å²) >= 11 is 1.16. The SMILES string of the molecule is COC(=O)N=C(SC)C(=Nc1ccc(-c2noc(C)n2)cc1)c1cc(CO)c(F)c(OC)c1. The van der Waals surface area contributed by atoms with Gasteiger partial charge in [-0.15, -0.1) is 11.8 Å². The molecule has 0 spiro atoms. The predicted octanol–water partition coefficient (Wildman–Crippen LogP) is 4.33. The average Bonchev–Trinajstić information content (AvgIpc) is 3.27. The van der Waals surface area contributed by atoms with E-state index in [9.17, 15) is 14.3 Å². The van der Waals surface area contributed by atoms with E-state index in [1.54, 1.807) is 37.4 Å². The zero-order chi connectivity index (χ0) is 24.0. The van der Waals surface area contributed by atoms with Crippen molar-refractivity contribution in [3.63, 3.8) is 0 Å². The summed E-state index contributed by atoms with van der Waals surface area (Å²) in [5.41, 5.74) is 1.93. The third-order valence-electron chi connectivity index (χ3n) is 4.44. The summed E-state index contributed by atoms with van der Waals surface area (Å²) in [5, 5.41) is 13.7. The van der Waals surface area contributed by atoms with E-state index in [4.69, 9.17) is 9.26 Å². The van der Waals surface area contributed by atoms with E-state index >= 15 is 0 Å². The van der Waals surface area contributed by atoms with Gasteiger partial charge in [0.1, 0.15) is 10.8 Å². The molecule has 172 valence electrons. The maximum Gasteiger partial charge on any atom is 0.434 e. The summed E-state index contributed by atoms with van der Waals surface area (Å²) in [6, 6.07) is 9.83. The number of nitrogens with zero attached hydrogens (tertiary/aromatic N) is 4. The Morgan fingerprint density at radius 3 is 2.52 bits per heavy atom. The van der Waals surface area contributed by atoms with Gasteiger partial charge in [-0.1, -0.05) is 5.16 Å². The minimum atomic E-state index is -0.814. The van der Waals surface area contributed by atoms with Crippen LogP contribution in [0.15, 0.2) is 50.9 Å². The molecule has 11 heteroatoms. The summed E-state index contributed by atoms with van der Waals surface area (Å²) in [7, 11) is 2.53. The van der Waals surface area contributed by atoms with Crippen LogP contribution in [0.1, 0.15) is 17.0 Å². The molecule has 0 aliphatic rings. The van der Waals surface area contributed by atoms with Crippen molar-refractivity contribution < 1.29 is 28.3 Å². The first-order valence-corrected chi connectivity index (χ1v) is 10.8. The number of hydrogen-bond donors (Lipinski definition) is 1. The van der Waals surface area contributed by atoms with Crippen molar-refractivity contribution in [2.45, 2.75) is 13.5 Å². The van der Waals surface area contributed by atoms with Crippen molar-refractivity contribution in [2.24, 2.45) is 9.98 Å². The fourth-order valence-corrected chi connectivity index (χ4v) is 3.37. The number of aliphatic imine (C=N–C) groups is 2. The van der Waals surface area contributed by atoms with Crippen molar-refractivity contribution in [2.75, 3.05) is 20.5 Å². The molecule has 1 N–H and O–H groups in total. The largest absolute Gasteiger partial charge is 0.494 e. The van der Waals surface area contributed by atoms with Crippen LogP contribution in [0, 0.1) is 12.7 Å². The van der Waals surface area contributed by atoms with Crippen LogP contribution in [0.4, 0.5) is 14.9 Å². The highest BCUT2D eigenvalue weighted by Crippen LogP contribution is 2.27. The molecule has 9 nitrogen and oxygen atoms in total. The summed E-state index contributed by atoms with van der Waals surface area (Å²) < 4.78 is 29.2. The fourth-order valence-electron chi connectivity index (χ4n) is 2.85.